The second kappa shape index (κ2) is 9.03. The third-order valence-electron chi connectivity index (χ3n) is 4.93. The van der Waals surface area contributed by atoms with E-state index in [0.717, 1.165) is 12.1 Å². The molecule has 1 heterocycles. The van der Waals surface area contributed by atoms with Crippen LogP contribution in [0, 0.1) is 24.4 Å². The van der Waals surface area contributed by atoms with E-state index in [1.54, 1.807) is 13.0 Å². The zero-order valence-corrected chi connectivity index (χ0v) is 16.5. The van der Waals surface area contributed by atoms with Crippen LogP contribution < -0.4 is 10.6 Å². The van der Waals surface area contributed by atoms with E-state index in [-0.39, 0.29) is 37.5 Å². The van der Waals surface area contributed by atoms with E-state index in [1.807, 2.05) is 0 Å². The van der Waals surface area contributed by atoms with Crippen LogP contribution in [-0.2, 0) is 0 Å². The van der Waals surface area contributed by atoms with Crippen molar-refractivity contribution in [3.8, 4) is 0 Å². The van der Waals surface area contributed by atoms with E-state index in [2.05, 4.69) is 10.6 Å². The quantitative estimate of drug-likeness (QED) is 0.490. The number of rotatable bonds is 8. The van der Waals surface area contributed by atoms with Crippen LogP contribution >= 0.6 is 0 Å². The molecule has 0 saturated carbocycles. The normalized spacial score (nSPS) is 15.1. The summed E-state index contributed by atoms with van der Waals surface area (Å²) in [5, 5.41) is 24.7. The van der Waals surface area contributed by atoms with Crippen molar-refractivity contribution in [3.63, 3.8) is 0 Å². The van der Waals surface area contributed by atoms with E-state index in [9.17, 15) is 23.1 Å². The van der Waals surface area contributed by atoms with Crippen molar-refractivity contribution in [2.75, 3.05) is 38.1 Å². The summed E-state index contributed by atoms with van der Waals surface area (Å²) in [6.45, 7) is 2.49. The molecular weight excluding hydrogens is 399 g/mol. The van der Waals surface area contributed by atoms with Crippen LogP contribution in [0.3, 0.4) is 0 Å². The third-order valence-corrected chi connectivity index (χ3v) is 4.93. The van der Waals surface area contributed by atoms with Crippen molar-refractivity contribution in [2.24, 2.45) is 0 Å². The number of likely N-dealkylation sites (tertiary alicyclic amines) is 1. The minimum atomic E-state index is -1.29. The lowest BCUT2D eigenvalue weighted by molar-refractivity contribution is -0.0785. The van der Waals surface area contributed by atoms with E-state index in [1.165, 1.54) is 17.0 Å². The van der Waals surface area contributed by atoms with Gasteiger partial charge >= 0.3 is 0 Å². The van der Waals surface area contributed by atoms with Crippen LogP contribution in [0.2, 0.25) is 0 Å². The molecule has 1 aliphatic rings. The zero-order chi connectivity index (χ0) is 21.9. The Morgan fingerprint density at radius 1 is 1.17 bits per heavy atom. The molecule has 3 rings (SSSR count). The highest BCUT2D eigenvalue weighted by Gasteiger charge is 2.44. The average molecular weight is 423 g/mol. The minimum absolute atomic E-state index is 0.00921. The molecule has 162 valence electrons. The molecule has 0 aliphatic carbocycles. The Labute approximate surface area is 172 Å². The number of benzene rings is 2. The number of hydrogen-bond acceptors (Lipinski definition) is 5. The second-order valence-electron chi connectivity index (χ2n) is 7.53. The fourth-order valence-electron chi connectivity index (χ4n) is 3.32. The number of hydrogen-bond donors (Lipinski definition) is 4. The first-order chi connectivity index (χ1) is 14.2. The van der Waals surface area contributed by atoms with Crippen molar-refractivity contribution >= 4 is 17.3 Å². The molecule has 0 radical (unpaired) electrons. The molecule has 1 amide bonds. The van der Waals surface area contributed by atoms with Crippen LogP contribution in [0.5, 0.6) is 0 Å². The highest BCUT2D eigenvalue weighted by Crippen LogP contribution is 2.31. The summed E-state index contributed by atoms with van der Waals surface area (Å²) >= 11 is 0. The number of nitrogens with one attached hydrogen (secondary N) is 2. The maximum Gasteiger partial charge on any atom is 0.256 e. The lowest BCUT2D eigenvalue weighted by atomic mass is 9.92. The van der Waals surface area contributed by atoms with Crippen molar-refractivity contribution < 1.29 is 28.2 Å². The van der Waals surface area contributed by atoms with Crippen LogP contribution in [0.1, 0.15) is 22.3 Å². The first kappa shape index (κ1) is 22.1. The van der Waals surface area contributed by atoms with E-state index < -0.39 is 34.6 Å². The molecule has 1 saturated heterocycles. The number of aryl methyl sites for hydroxylation is 1. The summed E-state index contributed by atoms with van der Waals surface area (Å²) < 4.78 is 42.5. The summed E-state index contributed by atoms with van der Waals surface area (Å²) in [6.07, 6.45) is 0.540. The van der Waals surface area contributed by atoms with Crippen molar-refractivity contribution in [3.05, 3.63) is 58.9 Å². The fraction of sp³-hybridized carbons (Fsp3) is 0.381. The maximum atomic E-state index is 14.5. The molecule has 30 heavy (non-hydrogen) atoms. The predicted octanol–water partition coefficient (Wildman–Crippen LogP) is 2.31. The number of anilines is 2. The van der Waals surface area contributed by atoms with Gasteiger partial charge in [-0.3, -0.25) is 4.79 Å². The molecule has 2 aromatic carbocycles. The Hall–Kier alpha value is -2.62. The predicted molar refractivity (Wildman–Crippen MR) is 106 cm³/mol. The van der Waals surface area contributed by atoms with E-state index >= 15 is 0 Å². The lowest BCUT2D eigenvalue weighted by Gasteiger charge is -2.46. The van der Waals surface area contributed by atoms with Gasteiger partial charge in [0.25, 0.3) is 5.91 Å². The topological polar surface area (TPSA) is 84.8 Å². The van der Waals surface area contributed by atoms with Gasteiger partial charge in [0, 0.05) is 13.2 Å². The largest absolute Gasteiger partial charge is 0.396 e. The van der Waals surface area contributed by atoms with Crippen LogP contribution in [0.15, 0.2) is 30.3 Å². The first-order valence-corrected chi connectivity index (χ1v) is 9.58. The molecule has 0 bridgehead atoms. The number of β-amino-alcohol motifs (C(OH)–C–C–N with tert-alkyl or cyclic N) is 1. The van der Waals surface area contributed by atoms with Crippen LogP contribution in [0.4, 0.5) is 24.5 Å². The molecular formula is C21H24F3N3O3. The lowest BCUT2D eigenvalue weighted by Crippen LogP contribution is -2.67. The number of amides is 1. The van der Waals surface area contributed by atoms with Gasteiger partial charge in [-0.25, -0.2) is 13.2 Å². The van der Waals surface area contributed by atoms with Gasteiger partial charge in [0.05, 0.1) is 30.0 Å². The Morgan fingerprint density at radius 2 is 1.90 bits per heavy atom. The molecule has 6 nitrogen and oxygen atoms in total. The Bertz CT molecular complexity index is 933. The molecule has 0 aromatic heterocycles. The average Bonchev–Trinajstić information content (AvgIpc) is 2.68. The van der Waals surface area contributed by atoms with Gasteiger partial charge in [0.15, 0.2) is 11.6 Å². The van der Waals surface area contributed by atoms with Gasteiger partial charge in [-0.15, -0.1) is 0 Å². The number of carbonyl (C=O) groups is 1. The fourth-order valence-corrected chi connectivity index (χ4v) is 3.32. The molecule has 2 aromatic rings. The minimum Gasteiger partial charge on any atom is -0.396 e. The highest BCUT2D eigenvalue weighted by atomic mass is 19.2. The van der Waals surface area contributed by atoms with Gasteiger partial charge in [-0.05, 0) is 49.7 Å². The molecule has 0 atom stereocenters. The van der Waals surface area contributed by atoms with Crippen molar-refractivity contribution in [1.82, 2.24) is 10.2 Å². The number of halogens is 3. The van der Waals surface area contributed by atoms with Gasteiger partial charge in [-0.1, -0.05) is 6.07 Å². The van der Waals surface area contributed by atoms with Gasteiger partial charge in [0.1, 0.15) is 11.4 Å². The third kappa shape index (κ3) is 4.75. The number of nitrogens with zero attached hydrogens (tertiary/aromatic N) is 1. The highest BCUT2D eigenvalue weighted by molar-refractivity contribution is 6.01. The van der Waals surface area contributed by atoms with Crippen LogP contribution in [0.25, 0.3) is 0 Å². The summed E-state index contributed by atoms with van der Waals surface area (Å²) in [5.74, 6) is -3.73. The zero-order valence-electron chi connectivity index (χ0n) is 16.5. The number of aliphatic hydroxyl groups excluding tert-OH is 1. The summed E-state index contributed by atoms with van der Waals surface area (Å²) in [5.41, 5.74) is -1.20. The Morgan fingerprint density at radius 3 is 2.57 bits per heavy atom. The molecule has 1 fully saturated rings. The van der Waals surface area contributed by atoms with E-state index in [0.29, 0.717) is 18.5 Å². The number of carbonyl (C=O) groups excluding carboxylic acids is 1. The first-order valence-electron chi connectivity index (χ1n) is 9.58. The maximum absolute atomic E-state index is 14.5. The monoisotopic (exact) mass is 423 g/mol. The SMILES string of the molecule is Cc1ccc(Nc2c(C(=O)N3CC(O)(CNCCCO)C3)ccc(F)c2F)c(F)c1. The summed E-state index contributed by atoms with van der Waals surface area (Å²) in [7, 11) is 0. The smallest absolute Gasteiger partial charge is 0.256 e. The van der Waals surface area contributed by atoms with Crippen molar-refractivity contribution in [2.45, 2.75) is 18.9 Å². The molecule has 9 heteroatoms. The standard InChI is InChI=1S/C21H24F3N3O3/c1-13-3-6-17(16(23)9-13)26-19-14(4-5-15(22)18(19)24)20(29)27-11-21(30,12-27)10-25-7-2-8-28/h3-6,9,25-26,28,30H,2,7-8,10-12H2,1H3. The van der Waals surface area contributed by atoms with E-state index in [4.69, 9.17) is 5.11 Å². The Balaban J connectivity index is 1.76. The Kier molecular flexibility index (Phi) is 6.64. The summed E-state index contributed by atoms with van der Waals surface area (Å²) in [6, 6.07) is 6.18. The molecule has 0 spiro atoms. The van der Waals surface area contributed by atoms with Crippen LogP contribution in [-0.4, -0.2) is 59.4 Å². The van der Waals surface area contributed by atoms with Gasteiger partial charge in [0.2, 0.25) is 0 Å². The summed E-state index contributed by atoms with van der Waals surface area (Å²) in [4.78, 5) is 14.1. The van der Waals surface area contributed by atoms with Gasteiger partial charge < -0.3 is 25.7 Å². The van der Waals surface area contributed by atoms with Gasteiger partial charge in [-0.2, -0.15) is 0 Å². The van der Waals surface area contributed by atoms with Crippen molar-refractivity contribution in [1.29, 1.82) is 0 Å². The molecule has 0 unspecified atom stereocenters. The molecule has 1 aliphatic heterocycles. The molecule has 4 N–H and O–H groups in total. The second-order valence-corrected chi connectivity index (χ2v) is 7.53. The number of aliphatic hydroxyl groups is 2.